The van der Waals surface area contributed by atoms with E-state index in [0.29, 0.717) is 37.6 Å². The van der Waals surface area contributed by atoms with Crippen LogP contribution in [0.3, 0.4) is 0 Å². The molecule has 1 heterocycles. The minimum absolute atomic E-state index is 0.0550. The van der Waals surface area contributed by atoms with Gasteiger partial charge in [0.1, 0.15) is 19.3 Å². The van der Waals surface area contributed by atoms with Crippen molar-refractivity contribution in [3.05, 3.63) is 95.6 Å². The zero-order valence-electron chi connectivity index (χ0n) is 16.3. The van der Waals surface area contributed by atoms with E-state index in [4.69, 9.17) is 14.2 Å². The molecule has 0 unspecified atom stereocenters. The Morgan fingerprint density at radius 1 is 0.759 bits per heavy atom. The van der Waals surface area contributed by atoms with E-state index in [1.807, 2.05) is 78.9 Å². The molecule has 0 radical (unpaired) electrons. The van der Waals surface area contributed by atoms with Crippen LogP contribution < -0.4 is 9.47 Å². The van der Waals surface area contributed by atoms with Crippen molar-refractivity contribution in [2.45, 2.75) is 38.6 Å². The monoisotopic (exact) mass is 388 g/mol. The summed E-state index contributed by atoms with van der Waals surface area (Å²) in [6.45, 7) is 0.937. The molecule has 3 aromatic rings. The van der Waals surface area contributed by atoms with Crippen molar-refractivity contribution >= 4 is 5.97 Å². The summed E-state index contributed by atoms with van der Waals surface area (Å²) in [5, 5.41) is 0. The Labute approximate surface area is 171 Å². The highest BCUT2D eigenvalue weighted by Gasteiger charge is 2.23. The first-order valence-electron chi connectivity index (χ1n) is 9.92. The average molecular weight is 388 g/mol. The number of ether oxygens (including phenoxy) is 3. The molecule has 4 nitrogen and oxygen atoms in total. The third-order valence-electron chi connectivity index (χ3n) is 4.91. The largest absolute Gasteiger partial charge is 0.485 e. The van der Waals surface area contributed by atoms with Gasteiger partial charge in [0.05, 0.1) is 0 Å². The smallest absolute Gasteiger partial charge is 0.306 e. The predicted octanol–water partition coefficient (Wildman–Crippen LogP) is 5.09. The van der Waals surface area contributed by atoms with Crippen molar-refractivity contribution in [3.8, 4) is 11.5 Å². The Kier molecular flexibility index (Phi) is 6.10. The number of carbonyl (C=O) groups excluding carboxylic acids is 1. The number of esters is 1. The molecular weight excluding hydrogens is 364 g/mol. The molecular formula is C25H24O4. The van der Waals surface area contributed by atoms with Gasteiger partial charge in [-0.05, 0) is 35.2 Å². The van der Waals surface area contributed by atoms with Crippen LogP contribution in [0.1, 0.15) is 29.5 Å². The van der Waals surface area contributed by atoms with Gasteiger partial charge in [0.15, 0.2) is 11.5 Å². The molecule has 0 bridgehead atoms. The number of cyclic esters (lactones) is 1. The van der Waals surface area contributed by atoms with Crippen LogP contribution in [0.5, 0.6) is 11.5 Å². The lowest BCUT2D eigenvalue weighted by molar-refractivity contribution is -0.141. The lowest BCUT2D eigenvalue weighted by atomic mass is 10.1. The molecule has 0 spiro atoms. The second kappa shape index (κ2) is 9.28. The molecule has 0 amide bonds. The van der Waals surface area contributed by atoms with Crippen molar-refractivity contribution < 1.29 is 19.0 Å². The molecule has 4 heteroatoms. The number of carbonyl (C=O) groups is 1. The van der Waals surface area contributed by atoms with Gasteiger partial charge in [0, 0.05) is 12.8 Å². The SMILES string of the molecule is O=C1CC[C@H](Cc2ccc(OCc3ccccc3)c(OCc3ccccc3)c2)O1. The fraction of sp³-hybridized carbons (Fsp3) is 0.240. The van der Waals surface area contributed by atoms with E-state index in [-0.39, 0.29) is 12.1 Å². The number of hydrogen-bond donors (Lipinski definition) is 0. The van der Waals surface area contributed by atoms with E-state index < -0.39 is 0 Å². The fourth-order valence-electron chi connectivity index (χ4n) is 3.37. The molecule has 3 aromatic carbocycles. The van der Waals surface area contributed by atoms with Crippen LogP contribution in [0.4, 0.5) is 0 Å². The summed E-state index contributed by atoms with van der Waals surface area (Å²) in [6.07, 6.45) is 1.90. The van der Waals surface area contributed by atoms with Crippen molar-refractivity contribution in [1.29, 1.82) is 0 Å². The van der Waals surface area contributed by atoms with Gasteiger partial charge < -0.3 is 14.2 Å². The summed E-state index contributed by atoms with van der Waals surface area (Å²) < 4.78 is 17.5. The first-order chi connectivity index (χ1) is 14.3. The third-order valence-corrected chi connectivity index (χ3v) is 4.91. The molecule has 1 atom stereocenters. The lowest BCUT2D eigenvalue weighted by Crippen LogP contribution is -2.10. The second-order valence-corrected chi connectivity index (χ2v) is 7.18. The van der Waals surface area contributed by atoms with Crippen molar-refractivity contribution in [2.24, 2.45) is 0 Å². The molecule has 0 aromatic heterocycles. The summed E-state index contributed by atoms with van der Waals surface area (Å²) in [5.41, 5.74) is 3.26. The van der Waals surface area contributed by atoms with Gasteiger partial charge in [-0.1, -0.05) is 66.7 Å². The van der Waals surface area contributed by atoms with E-state index in [0.717, 1.165) is 23.1 Å². The van der Waals surface area contributed by atoms with E-state index in [2.05, 4.69) is 0 Å². The molecule has 1 fully saturated rings. The zero-order chi connectivity index (χ0) is 19.9. The molecule has 29 heavy (non-hydrogen) atoms. The minimum atomic E-state index is -0.113. The Hall–Kier alpha value is -3.27. The number of hydrogen-bond acceptors (Lipinski definition) is 4. The zero-order valence-corrected chi connectivity index (χ0v) is 16.3. The second-order valence-electron chi connectivity index (χ2n) is 7.18. The number of benzene rings is 3. The molecule has 0 saturated carbocycles. The molecule has 0 N–H and O–H groups in total. The van der Waals surface area contributed by atoms with Crippen molar-refractivity contribution in [2.75, 3.05) is 0 Å². The van der Waals surface area contributed by atoms with Gasteiger partial charge in [0.25, 0.3) is 0 Å². The van der Waals surface area contributed by atoms with Crippen molar-refractivity contribution in [3.63, 3.8) is 0 Å². The van der Waals surface area contributed by atoms with Gasteiger partial charge in [-0.2, -0.15) is 0 Å². The van der Waals surface area contributed by atoms with Crippen LogP contribution in [-0.4, -0.2) is 12.1 Å². The quantitative estimate of drug-likeness (QED) is 0.504. The summed E-state index contributed by atoms with van der Waals surface area (Å²) >= 11 is 0. The molecule has 4 rings (SSSR count). The van der Waals surface area contributed by atoms with Gasteiger partial charge in [-0.25, -0.2) is 0 Å². The van der Waals surface area contributed by atoms with Crippen LogP contribution >= 0.6 is 0 Å². The standard InChI is InChI=1S/C25H24O4/c26-25-14-12-22(29-25)15-21-11-13-23(27-17-19-7-3-1-4-8-19)24(16-21)28-18-20-9-5-2-6-10-20/h1-11,13,16,22H,12,14-15,17-18H2/t22-/m1/s1. The van der Waals surface area contributed by atoms with Crippen molar-refractivity contribution in [1.82, 2.24) is 0 Å². The first kappa shape index (κ1) is 19.1. The molecule has 1 saturated heterocycles. The Balaban J connectivity index is 1.49. The van der Waals surface area contributed by atoms with E-state index in [1.54, 1.807) is 0 Å². The Morgan fingerprint density at radius 2 is 1.38 bits per heavy atom. The summed E-state index contributed by atoms with van der Waals surface area (Å²) in [5.74, 6) is 1.29. The Bertz CT molecular complexity index is 938. The van der Waals surface area contributed by atoms with Gasteiger partial charge in [0.2, 0.25) is 0 Å². The summed E-state index contributed by atoms with van der Waals surface area (Å²) in [7, 11) is 0. The molecule has 148 valence electrons. The Morgan fingerprint density at radius 3 is 1.97 bits per heavy atom. The minimum Gasteiger partial charge on any atom is -0.485 e. The third kappa shape index (κ3) is 5.38. The maximum absolute atomic E-state index is 11.4. The molecule has 1 aliphatic rings. The van der Waals surface area contributed by atoms with Crippen LogP contribution in [-0.2, 0) is 29.2 Å². The fourth-order valence-corrected chi connectivity index (χ4v) is 3.37. The summed E-state index contributed by atoms with van der Waals surface area (Å²) in [6, 6.07) is 26.1. The van der Waals surface area contributed by atoms with E-state index in [9.17, 15) is 4.79 Å². The van der Waals surface area contributed by atoms with E-state index in [1.165, 1.54) is 0 Å². The topological polar surface area (TPSA) is 44.8 Å². The van der Waals surface area contributed by atoms with Gasteiger partial charge in [-0.3, -0.25) is 4.79 Å². The predicted molar refractivity (Wildman–Crippen MR) is 111 cm³/mol. The summed E-state index contributed by atoms with van der Waals surface area (Å²) in [4.78, 5) is 11.4. The first-order valence-corrected chi connectivity index (χ1v) is 9.92. The average Bonchev–Trinajstić information content (AvgIpc) is 3.17. The van der Waals surface area contributed by atoms with E-state index >= 15 is 0 Å². The van der Waals surface area contributed by atoms with Crippen LogP contribution in [0.2, 0.25) is 0 Å². The number of rotatable bonds is 8. The van der Waals surface area contributed by atoms with Crippen LogP contribution in [0.15, 0.2) is 78.9 Å². The highest BCUT2D eigenvalue weighted by atomic mass is 16.5. The van der Waals surface area contributed by atoms with Crippen LogP contribution in [0.25, 0.3) is 0 Å². The maximum atomic E-state index is 11.4. The van der Waals surface area contributed by atoms with Crippen LogP contribution in [0, 0.1) is 0 Å². The maximum Gasteiger partial charge on any atom is 0.306 e. The molecule has 1 aliphatic heterocycles. The van der Waals surface area contributed by atoms with Gasteiger partial charge in [-0.15, -0.1) is 0 Å². The lowest BCUT2D eigenvalue weighted by Gasteiger charge is -2.16. The van der Waals surface area contributed by atoms with Gasteiger partial charge >= 0.3 is 5.97 Å². The highest BCUT2D eigenvalue weighted by molar-refractivity contribution is 5.71. The highest BCUT2D eigenvalue weighted by Crippen LogP contribution is 2.31. The normalized spacial score (nSPS) is 15.7. The molecule has 0 aliphatic carbocycles.